The number of halogens is 2. The average Bonchev–Trinajstić information content (AvgIpc) is 3.69. The van der Waals surface area contributed by atoms with Crippen LogP contribution in [0.2, 0.25) is 0 Å². The fourth-order valence-electron chi connectivity index (χ4n) is 4.92. The molecule has 0 unspecified atom stereocenters. The van der Waals surface area contributed by atoms with E-state index in [0.29, 0.717) is 16.6 Å². The first kappa shape index (κ1) is 24.7. The number of para-hydroxylation sites is 1. The van der Waals surface area contributed by atoms with Crippen LogP contribution in [0.4, 0.5) is 14.5 Å². The number of amides is 3. The second-order valence-corrected chi connectivity index (χ2v) is 10.1. The summed E-state index contributed by atoms with van der Waals surface area (Å²) >= 11 is 1.41. The van der Waals surface area contributed by atoms with Gasteiger partial charge in [-0.15, -0.1) is 11.3 Å². The van der Waals surface area contributed by atoms with Crippen molar-refractivity contribution in [1.29, 1.82) is 0 Å². The van der Waals surface area contributed by atoms with Gasteiger partial charge in [0.15, 0.2) is 11.5 Å². The zero-order valence-corrected chi connectivity index (χ0v) is 21.0. The number of primary amides is 1. The number of fused-ring (bicyclic) bond motifs is 2. The number of carbonyl (C=O) groups excluding carboxylic acids is 3. The van der Waals surface area contributed by atoms with Crippen molar-refractivity contribution in [2.24, 2.45) is 5.73 Å². The second-order valence-electron chi connectivity index (χ2n) is 9.17. The Morgan fingerprint density at radius 2 is 1.97 bits per heavy atom. The molecule has 3 aromatic heterocycles. The third-order valence-electron chi connectivity index (χ3n) is 6.73. The van der Waals surface area contributed by atoms with Crippen molar-refractivity contribution in [1.82, 2.24) is 24.9 Å². The van der Waals surface area contributed by atoms with Crippen molar-refractivity contribution >= 4 is 55.9 Å². The number of hydrogen-bond donors (Lipinski definition) is 3. The second kappa shape index (κ2) is 9.58. The van der Waals surface area contributed by atoms with E-state index in [4.69, 9.17) is 5.73 Å². The van der Waals surface area contributed by atoms with E-state index in [9.17, 15) is 18.8 Å². The molecule has 6 rings (SSSR count). The van der Waals surface area contributed by atoms with Crippen LogP contribution >= 0.6 is 11.3 Å². The van der Waals surface area contributed by atoms with Gasteiger partial charge >= 0.3 is 0 Å². The number of nitrogens with zero attached hydrogens (tertiary/aromatic N) is 4. The van der Waals surface area contributed by atoms with Crippen LogP contribution in [0, 0.1) is 5.82 Å². The third kappa shape index (κ3) is 4.30. The molecule has 13 heteroatoms. The van der Waals surface area contributed by atoms with Crippen LogP contribution in [0.3, 0.4) is 0 Å². The molecule has 4 N–H and O–H groups in total. The van der Waals surface area contributed by atoms with Crippen LogP contribution in [-0.2, 0) is 16.1 Å². The minimum atomic E-state index is -1.44. The zero-order valence-electron chi connectivity index (χ0n) is 20.2. The quantitative estimate of drug-likeness (QED) is 0.298. The van der Waals surface area contributed by atoms with Crippen LogP contribution in [0.15, 0.2) is 53.9 Å². The van der Waals surface area contributed by atoms with E-state index >= 15 is 4.39 Å². The van der Waals surface area contributed by atoms with Crippen LogP contribution in [0.25, 0.3) is 32.4 Å². The number of nitrogens with one attached hydrogen (secondary N) is 2. The predicted octanol–water partition coefficient (Wildman–Crippen LogP) is 3.46. The summed E-state index contributed by atoms with van der Waals surface area (Å²) in [4.78, 5) is 39.4. The van der Waals surface area contributed by atoms with Crippen molar-refractivity contribution in [3.05, 3.63) is 65.4 Å². The molecule has 198 valence electrons. The number of nitrogens with two attached hydrogens (primary N) is 1. The lowest BCUT2D eigenvalue weighted by molar-refractivity contribution is -0.137. The summed E-state index contributed by atoms with van der Waals surface area (Å²) in [5.41, 5.74) is 7.20. The van der Waals surface area contributed by atoms with Crippen LogP contribution < -0.4 is 11.1 Å². The highest BCUT2D eigenvalue weighted by atomic mass is 32.1. The standard InChI is InChI=1S/C26H21F2N7O3S/c27-13-10-19(34(11-13)20(36)12-35-18-7-2-1-4-14(18)23(33-35)25(29)37)26(38)30-16-6-3-5-15(21(16)28)22-24-17(31-32-22)8-9-39-24/h1-9,13,19H,10-12H2,(H2,29,37)(H,30,38)(H,31,32)/t13-,19+/m1/s1. The van der Waals surface area contributed by atoms with Gasteiger partial charge in [-0.05, 0) is 29.6 Å². The summed E-state index contributed by atoms with van der Waals surface area (Å²) < 4.78 is 32.1. The van der Waals surface area contributed by atoms with Gasteiger partial charge in [-0.3, -0.25) is 24.2 Å². The van der Waals surface area contributed by atoms with E-state index in [2.05, 4.69) is 20.6 Å². The van der Waals surface area contributed by atoms with E-state index < -0.39 is 35.8 Å². The van der Waals surface area contributed by atoms with Crippen molar-refractivity contribution in [3.63, 3.8) is 0 Å². The Balaban J connectivity index is 1.24. The number of rotatable bonds is 6. The summed E-state index contributed by atoms with van der Waals surface area (Å²) in [6.07, 6.45) is -1.67. The molecule has 1 saturated heterocycles. The van der Waals surface area contributed by atoms with Crippen molar-refractivity contribution < 1.29 is 23.2 Å². The number of benzene rings is 2. The molecule has 1 fully saturated rings. The van der Waals surface area contributed by atoms with Crippen molar-refractivity contribution in [2.75, 3.05) is 11.9 Å². The molecule has 2 aromatic carbocycles. The minimum absolute atomic E-state index is 0.00424. The van der Waals surface area contributed by atoms with E-state index in [1.54, 1.807) is 36.4 Å². The zero-order chi connectivity index (χ0) is 27.3. The molecule has 39 heavy (non-hydrogen) atoms. The Kier molecular flexibility index (Phi) is 6.06. The molecule has 0 aliphatic carbocycles. The Labute approximate surface area is 223 Å². The summed E-state index contributed by atoms with van der Waals surface area (Å²) in [7, 11) is 0. The highest BCUT2D eigenvalue weighted by molar-refractivity contribution is 7.17. The Bertz CT molecular complexity index is 1760. The Morgan fingerprint density at radius 1 is 1.15 bits per heavy atom. The molecule has 4 heterocycles. The SMILES string of the molecule is NC(=O)c1nn(CC(=O)N2C[C@H](F)C[C@H]2C(=O)Nc2cccc(-c3n[nH]c4ccsc34)c2F)c2ccccc12. The number of thiophene rings is 1. The third-order valence-corrected chi connectivity index (χ3v) is 7.65. The fourth-order valence-corrected chi connectivity index (χ4v) is 5.76. The van der Waals surface area contributed by atoms with E-state index in [-0.39, 0.29) is 36.5 Å². The van der Waals surface area contributed by atoms with Gasteiger partial charge in [-0.25, -0.2) is 8.78 Å². The highest BCUT2D eigenvalue weighted by Crippen LogP contribution is 2.34. The summed E-state index contributed by atoms with van der Waals surface area (Å²) in [6, 6.07) is 12.0. The number of H-pyrrole nitrogens is 1. The molecule has 1 aliphatic heterocycles. The van der Waals surface area contributed by atoms with E-state index in [1.807, 2.05) is 11.4 Å². The normalized spacial score (nSPS) is 17.2. The van der Waals surface area contributed by atoms with Gasteiger partial charge in [0.2, 0.25) is 11.8 Å². The molecule has 3 amide bonds. The first-order valence-electron chi connectivity index (χ1n) is 12.0. The number of aromatic nitrogens is 4. The monoisotopic (exact) mass is 549 g/mol. The average molecular weight is 550 g/mol. The van der Waals surface area contributed by atoms with Gasteiger partial charge in [0.1, 0.15) is 24.5 Å². The predicted molar refractivity (Wildman–Crippen MR) is 141 cm³/mol. The molecule has 10 nitrogen and oxygen atoms in total. The number of aromatic amines is 1. The lowest BCUT2D eigenvalue weighted by atomic mass is 10.1. The molecule has 0 bridgehead atoms. The van der Waals surface area contributed by atoms with Gasteiger partial charge in [0.25, 0.3) is 5.91 Å². The Hall–Kier alpha value is -4.65. The number of carbonyl (C=O) groups is 3. The molecule has 0 saturated carbocycles. The highest BCUT2D eigenvalue weighted by Gasteiger charge is 2.40. The maximum absolute atomic E-state index is 15.5. The van der Waals surface area contributed by atoms with E-state index in [1.165, 1.54) is 22.1 Å². The summed E-state index contributed by atoms with van der Waals surface area (Å²) in [6.45, 7) is -0.644. The van der Waals surface area contributed by atoms with Crippen LogP contribution in [0.5, 0.6) is 0 Å². The number of likely N-dealkylation sites (tertiary alicyclic amines) is 1. The van der Waals surface area contributed by atoms with Gasteiger partial charge in [0, 0.05) is 17.4 Å². The molecule has 5 aromatic rings. The maximum atomic E-state index is 15.5. The van der Waals surface area contributed by atoms with E-state index in [0.717, 1.165) is 15.1 Å². The number of hydrogen-bond acceptors (Lipinski definition) is 6. The largest absolute Gasteiger partial charge is 0.364 e. The molecule has 0 spiro atoms. The lowest BCUT2D eigenvalue weighted by Gasteiger charge is -2.24. The molecule has 0 radical (unpaired) electrons. The number of alkyl halides is 1. The smallest absolute Gasteiger partial charge is 0.269 e. The Morgan fingerprint density at radius 3 is 2.79 bits per heavy atom. The van der Waals surface area contributed by atoms with Crippen LogP contribution in [0.1, 0.15) is 16.9 Å². The van der Waals surface area contributed by atoms with Gasteiger partial charge in [0.05, 0.1) is 28.0 Å². The lowest BCUT2D eigenvalue weighted by Crippen LogP contribution is -2.44. The molecule has 1 aliphatic rings. The number of anilines is 1. The summed E-state index contributed by atoms with van der Waals surface area (Å²) in [5, 5.41) is 16.1. The fraction of sp³-hybridized carbons (Fsp3) is 0.192. The first-order valence-corrected chi connectivity index (χ1v) is 12.9. The van der Waals surface area contributed by atoms with Gasteiger partial charge in [-0.2, -0.15) is 10.2 Å². The molecular weight excluding hydrogens is 528 g/mol. The maximum Gasteiger partial charge on any atom is 0.269 e. The first-order chi connectivity index (χ1) is 18.8. The van der Waals surface area contributed by atoms with Crippen molar-refractivity contribution in [2.45, 2.75) is 25.2 Å². The minimum Gasteiger partial charge on any atom is -0.364 e. The van der Waals surface area contributed by atoms with Crippen LogP contribution in [-0.4, -0.2) is 61.4 Å². The topological polar surface area (TPSA) is 139 Å². The molecule has 2 atom stereocenters. The van der Waals surface area contributed by atoms with Crippen molar-refractivity contribution in [3.8, 4) is 11.3 Å². The molecular formula is C26H21F2N7O3S. The van der Waals surface area contributed by atoms with Gasteiger partial charge in [-0.1, -0.05) is 24.3 Å². The summed E-state index contributed by atoms with van der Waals surface area (Å²) in [5.74, 6) is -2.74. The van der Waals surface area contributed by atoms with Gasteiger partial charge < -0.3 is 16.0 Å².